The van der Waals surface area contributed by atoms with E-state index in [0.717, 1.165) is 10.6 Å². The van der Waals surface area contributed by atoms with Gasteiger partial charge in [0.2, 0.25) is 0 Å². The van der Waals surface area contributed by atoms with Gasteiger partial charge in [-0.05, 0) is 30.9 Å². The fourth-order valence-corrected chi connectivity index (χ4v) is 2.02. The summed E-state index contributed by atoms with van der Waals surface area (Å²) in [6.07, 6.45) is 0. The summed E-state index contributed by atoms with van der Waals surface area (Å²) in [4.78, 5) is 12.5. The third-order valence-corrected chi connectivity index (χ3v) is 2.95. The predicted molar refractivity (Wildman–Crippen MR) is 63.8 cm³/mol. The minimum absolute atomic E-state index is 0.360. The average molecular weight is 245 g/mol. The summed E-state index contributed by atoms with van der Waals surface area (Å²) in [6, 6.07) is 5.40. The molecular weight excluding hydrogens is 232 g/mol. The molecule has 0 aliphatic heterocycles. The van der Waals surface area contributed by atoms with Crippen LogP contribution in [-0.2, 0) is 4.74 Å². The van der Waals surface area contributed by atoms with Gasteiger partial charge in [0, 0.05) is 4.90 Å². The van der Waals surface area contributed by atoms with E-state index in [1.165, 1.54) is 0 Å². The first-order valence-corrected chi connectivity index (χ1v) is 6.14. The number of ether oxygens (including phenoxy) is 1. The summed E-state index contributed by atoms with van der Waals surface area (Å²) in [5.74, 6) is 0.602. The summed E-state index contributed by atoms with van der Waals surface area (Å²) in [5, 5.41) is 0.439. The van der Waals surface area contributed by atoms with Crippen molar-refractivity contribution in [2.24, 2.45) is 0 Å². The highest BCUT2D eigenvalue weighted by Gasteiger charge is 2.11. The Morgan fingerprint density at radius 1 is 1.47 bits per heavy atom. The van der Waals surface area contributed by atoms with E-state index >= 15 is 0 Å². The molecule has 0 aliphatic carbocycles. The molecule has 2 nitrogen and oxygen atoms in total. The van der Waals surface area contributed by atoms with Gasteiger partial charge in [0.1, 0.15) is 0 Å². The van der Waals surface area contributed by atoms with Crippen molar-refractivity contribution in [3.8, 4) is 0 Å². The Kier molecular flexibility index (Phi) is 4.99. The van der Waals surface area contributed by atoms with Crippen LogP contribution in [0.2, 0.25) is 5.02 Å². The van der Waals surface area contributed by atoms with Gasteiger partial charge in [-0.25, -0.2) is 4.79 Å². The quantitative estimate of drug-likeness (QED) is 0.598. The summed E-state index contributed by atoms with van der Waals surface area (Å²) >= 11 is 7.58. The normalized spacial score (nSPS) is 10.1. The molecule has 0 aliphatic rings. The summed E-state index contributed by atoms with van der Waals surface area (Å²) < 4.78 is 4.91. The third kappa shape index (κ3) is 3.43. The van der Waals surface area contributed by atoms with E-state index < -0.39 is 0 Å². The van der Waals surface area contributed by atoms with Gasteiger partial charge in [0.25, 0.3) is 0 Å². The summed E-state index contributed by atoms with van der Waals surface area (Å²) in [7, 11) is 0. The van der Waals surface area contributed by atoms with E-state index in [2.05, 4.69) is 6.92 Å². The van der Waals surface area contributed by atoms with Gasteiger partial charge in [0.05, 0.1) is 17.2 Å². The van der Waals surface area contributed by atoms with Crippen molar-refractivity contribution in [2.45, 2.75) is 18.7 Å². The zero-order valence-electron chi connectivity index (χ0n) is 8.75. The first kappa shape index (κ1) is 12.4. The maximum Gasteiger partial charge on any atom is 0.339 e. The van der Waals surface area contributed by atoms with E-state index in [4.69, 9.17) is 16.3 Å². The third-order valence-electron chi connectivity index (χ3n) is 1.74. The molecule has 0 spiro atoms. The molecule has 82 valence electrons. The highest BCUT2D eigenvalue weighted by molar-refractivity contribution is 7.99. The van der Waals surface area contributed by atoms with Gasteiger partial charge in [-0.2, -0.15) is 0 Å². The molecule has 0 heterocycles. The van der Waals surface area contributed by atoms with Crippen LogP contribution in [0.4, 0.5) is 0 Å². The lowest BCUT2D eigenvalue weighted by atomic mass is 10.2. The van der Waals surface area contributed by atoms with E-state index in [0.29, 0.717) is 17.2 Å². The predicted octanol–water partition coefficient (Wildman–Crippen LogP) is 3.63. The average Bonchev–Trinajstić information content (AvgIpc) is 2.21. The summed E-state index contributed by atoms with van der Waals surface area (Å²) in [5.41, 5.74) is 0.442. The van der Waals surface area contributed by atoms with Crippen LogP contribution in [0.1, 0.15) is 24.2 Å². The molecule has 0 fully saturated rings. The number of esters is 1. The molecule has 1 aromatic rings. The molecule has 0 N–H and O–H groups in total. The number of carbonyl (C=O) groups is 1. The fraction of sp³-hybridized carbons (Fsp3) is 0.364. The molecular formula is C11H13ClO2S. The Balaban J connectivity index is 2.94. The van der Waals surface area contributed by atoms with Gasteiger partial charge < -0.3 is 4.74 Å². The Hall–Kier alpha value is -0.670. The Bertz CT molecular complexity index is 352. The SMILES string of the molecule is CCOC(=O)c1cc(SCC)ccc1Cl. The van der Waals surface area contributed by atoms with Crippen molar-refractivity contribution in [3.63, 3.8) is 0 Å². The van der Waals surface area contributed by atoms with Crippen molar-refractivity contribution in [2.75, 3.05) is 12.4 Å². The number of halogens is 1. The second-order valence-corrected chi connectivity index (χ2v) is 4.54. The lowest BCUT2D eigenvalue weighted by Crippen LogP contribution is -2.05. The number of rotatable bonds is 4. The highest BCUT2D eigenvalue weighted by Crippen LogP contribution is 2.24. The molecule has 1 aromatic carbocycles. The van der Waals surface area contributed by atoms with Crippen molar-refractivity contribution in [1.29, 1.82) is 0 Å². The molecule has 0 unspecified atom stereocenters. The lowest BCUT2D eigenvalue weighted by molar-refractivity contribution is 0.0526. The van der Waals surface area contributed by atoms with E-state index in [1.807, 2.05) is 6.07 Å². The molecule has 0 saturated heterocycles. The van der Waals surface area contributed by atoms with E-state index in [1.54, 1.807) is 30.8 Å². The minimum Gasteiger partial charge on any atom is -0.462 e. The van der Waals surface area contributed by atoms with Gasteiger partial charge in [-0.1, -0.05) is 18.5 Å². The van der Waals surface area contributed by atoms with Crippen molar-refractivity contribution in [3.05, 3.63) is 28.8 Å². The number of carbonyl (C=O) groups excluding carboxylic acids is 1. The molecule has 0 bridgehead atoms. The first-order valence-electron chi connectivity index (χ1n) is 4.78. The largest absolute Gasteiger partial charge is 0.462 e. The van der Waals surface area contributed by atoms with Crippen LogP contribution in [0.15, 0.2) is 23.1 Å². The molecule has 0 radical (unpaired) electrons. The Morgan fingerprint density at radius 3 is 2.80 bits per heavy atom. The molecule has 4 heteroatoms. The van der Waals surface area contributed by atoms with Crippen LogP contribution in [0.3, 0.4) is 0 Å². The van der Waals surface area contributed by atoms with Crippen molar-refractivity contribution < 1.29 is 9.53 Å². The van der Waals surface area contributed by atoms with Crippen LogP contribution in [0.5, 0.6) is 0 Å². The Labute approximate surface area is 99.0 Å². The van der Waals surface area contributed by atoms with Crippen LogP contribution in [0.25, 0.3) is 0 Å². The van der Waals surface area contributed by atoms with Gasteiger partial charge in [-0.3, -0.25) is 0 Å². The highest BCUT2D eigenvalue weighted by atomic mass is 35.5. The number of thioether (sulfide) groups is 1. The first-order chi connectivity index (χ1) is 7.19. The maximum atomic E-state index is 11.5. The molecule has 0 saturated carbocycles. The van der Waals surface area contributed by atoms with Crippen molar-refractivity contribution in [1.82, 2.24) is 0 Å². The minimum atomic E-state index is -0.360. The Morgan fingerprint density at radius 2 is 2.20 bits per heavy atom. The standard InChI is InChI=1S/C11H13ClO2S/c1-3-14-11(13)9-7-8(15-4-2)5-6-10(9)12/h5-7H,3-4H2,1-2H3. The number of benzene rings is 1. The molecule has 15 heavy (non-hydrogen) atoms. The molecule has 0 atom stereocenters. The summed E-state index contributed by atoms with van der Waals surface area (Å²) in [6.45, 7) is 4.19. The van der Waals surface area contributed by atoms with Crippen LogP contribution in [-0.4, -0.2) is 18.3 Å². The van der Waals surface area contributed by atoms with Crippen LogP contribution < -0.4 is 0 Å². The van der Waals surface area contributed by atoms with Gasteiger partial charge >= 0.3 is 5.97 Å². The van der Waals surface area contributed by atoms with E-state index in [-0.39, 0.29) is 5.97 Å². The maximum absolute atomic E-state index is 11.5. The van der Waals surface area contributed by atoms with Crippen molar-refractivity contribution >= 4 is 29.3 Å². The zero-order valence-corrected chi connectivity index (χ0v) is 10.3. The molecule has 0 aromatic heterocycles. The second-order valence-electron chi connectivity index (χ2n) is 2.80. The smallest absolute Gasteiger partial charge is 0.339 e. The number of hydrogen-bond donors (Lipinski definition) is 0. The van der Waals surface area contributed by atoms with E-state index in [9.17, 15) is 4.79 Å². The fourth-order valence-electron chi connectivity index (χ4n) is 1.13. The number of hydrogen-bond acceptors (Lipinski definition) is 3. The zero-order chi connectivity index (χ0) is 11.3. The monoisotopic (exact) mass is 244 g/mol. The lowest BCUT2D eigenvalue weighted by Gasteiger charge is -2.06. The van der Waals surface area contributed by atoms with Crippen LogP contribution in [0, 0.1) is 0 Å². The topological polar surface area (TPSA) is 26.3 Å². The molecule has 0 amide bonds. The van der Waals surface area contributed by atoms with Crippen LogP contribution >= 0.6 is 23.4 Å². The molecule has 1 rings (SSSR count). The van der Waals surface area contributed by atoms with Gasteiger partial charge in [0.15, 0.2) is 0 Å². The second kappa shape index (κ2) is 6.03. The van der Waals surface area contributed by atoms with Gasteiger partial charge in [-0.15, -0.1) is 11.8 Å².